The van der Waals surface area contributed by atoms with Crippen LogP contribution in [0.1, 0.15) is 28.7 Å². The lowest BCUT2D eigenvalue weighted by Crippen LogP contribution is -2.13. The van der Waals surface area contributed by atoms with Crippen molar-refractivity contribution in [2.45, 2.75) is 20.4 Å². The van der Waals surface area contributed by atoms with Crippen molar-refractivity contribution in [1.82, 2.24) is 9.78 Å². The lowest BCUT2D eigenvalue weighted by atomic mass is 10.3. The summed E-state index contributed by atoms with van der Waals surface area (Å²) >= 11 is 1.32. The van der Waals surface area contributed by atoms with Gasteiger partial charge in [0.15, 0.2) is 5.69 Å². The molecule has 92 valence electrons. The first-order valence-corrected chi connectivity index (χ1v) is 6.37. The SMILES string of the molecule is CCn1nc(C(=O)Nc2sccc2C#N)cc1C. The number of thiophene rings is 1. The number of anilines is 1. The smallest absolute Gasteiger partial charge is 0.276 e. The Bertz CT molecular complexity index is 620. The molecule has 1 N–H and O–H groups in total. The van der Waals surface area contributed by atoms with Crippen molar-refractivity contribution in [3.63, 3.8) is 0 Å². The van der Waals surface area contributed by atoms with Gasteiger partial charge in [0.2, 0.25) is 0 Å². The number of hydrogen-bond donors (Lipinski definition) is 1. The quantitative estimate of drug-likeness (QED) is 0.921. The summed E-state index contributed by atoms with van der Waals surface area (Å²) in [5.74, 6) is -0.288. The maximum absolute atomic E-state index is 12.0. The Kier molecular flexibility index (Phi) is 3.44. The average molecular weight is 260 g/mol. The number of nitrogens with one attached hydrogen (secondary N) is 1. The number of aromatic nitrogens is 2. The summed E-state index contributed by atoms with van der Waals surface area (Å²) in [6, 6.07) is 5.44. The van der Waals surface area contributed by atoms with Crippen LogP contribution in [0.5, 0.6) is 0 Å². The minimum absolute atomic E-state index is 0.288. The summed E-state index contributed by atoms with van der Waals surface area (Å²) in [5.41, 5.74) is 1.78. The third kappa shape index (κ3) is 2.26. The number of aryl methyl sites for hydroxylation is 2. The number of nitriles is 1. The molecule has 1 amide bonds. The summed E-state index contributed by atoms with van der Waals surface area (Å²) in [7, 11) is 0. The number of carbonyl (C=O) groups is 1. The first kappa shape index (κ1) is 12.3. The van der Waals surface area contributed by atoms with Gasteiger partial charge in [-0.2, -0.15) is 10.4 Å². The fourth-order valence-electron chi connectivity index (χ4n) is 1.60. The zero-order valence-corrected chi connectivity index (χ0v) is 10.9. The molecule has 0 aliphatic carbocycles. The molecule has 0 aromatic carbocycles. The van der Waals surface area contributed by atoms with E-state index in [0.717, 1.165) is 12.2 Å². The van der Waals surface area contributed by atoms with Crippen molar-refractivity contribution in [3.05, 3.63) is 34.5 Å². The van der Waals surface area contributed by atoms with E-state index in [1.807, 2.05) is 19.9 Å². The van der Waals surface area contributed by atoms with Crippen LogP contribution in [0, 0.1) is 18.3 Å². The maximum Gasteiger partial charge on any atom is 0.276 e. The minimum atomic E-state index is -0.288. The molecule has 2 heterocycles. The summed E-state index contributed by atoms with van der Waals surface area (Å²) in [6.07, 6.45) is 0. The van der Waals surface area contributed by atoms with Gasteiger partial charge in [0.1, 0.15) is 11.1 Å². The highest BCUT2D eigenvalue weighted by molar-refractivity contribution is 7.14. The van der Waals surface area contributed by atoms with Gasteiger partial charge >= 0.3 is 0 Å². The molecule has 0 spiro atoms. The molecule has 2 aromatic rings. The molecule has 0 saturated heterocycles. The zero-order valence-electron chi connectivity index (χ0n) is 10.1. The Labute approximate surface area is 109 Å². The zero-order chi connectivity index (χ0) is 13.1. The summed E-state index contributed by atoms with van der Waals surface area (Å²) in [4.78, 5) is 12.0. The molecular formula is C12H12N4OS. The molecule has 0 fully saturated rings. The lowest BCUT2D eigenvalue weighted by molar-refractivity contribution is 0.102. The molecular weight excluding hydrogens is 248 g/mol. The van der Waals surface area contributed by atoms with E-state index in [1.54, 1.807) is 22.2 Å². The highest BCUT2D eigenvalue weighted by Gasteiger charge is 2.14. The second kappa shape index (κ2) is 5.02. The van der Waals surface area contributed by atoms with E-state index in [1.165, 1.54) is 11.3 Å². The van der Waals surface area contributed by atoms with E-state index in [4.69, 9.17) is 5.26 Å². The first-order valence-electron chi connectivity index (χ1n) is 5.49. The predicted molar refractivity (Wildman–Crippen MR) is 69.6 cm³/mol. The van der Waals surface area contributed by atoms with E-state index >= 15 is 0 Å². The van der Waals surface area contributed by atoms with E-state index in [0.29, 0.717) is 16.3 Å². The van der Waals surface area contributed by atoms with Crippen molar-refractivity contribution in [2.24, 2.45) is 0 Å². The summed E-state index contributed by atoms with van der Waals surface area (Å²) < 4.78 is 1.76. The van der Waals surface area contributed by atoms with Crippen molar-refractivity contribution >= 4 is 22.2 Å². The van der Waals surface area contributed by atoms with Crippen LogP contribution >= 0.6 is 11.3 Å². The van der Waals surface area contributed by atoms with Gasteiger partial charge in [0.05, 0.1) is 5.56 Å². The first-order chi connectivity index (χ1) is 8.65. The number of hydrogen-bond acceptors (Lipinski definition) is 4. The van der Waals surface area contributed by atoms with Gasteiger partial charge in [0, 0.05) is 12.2 Å². The topological polar surface area (TPSA) is 70.7 Å². The molecule has 0 aliphatic heterocycles. The Morgan fingerprint density at radius 2 is 2.44 bits per heavy atom. The largest absolute Gasteiger partial charge is 0.311 e. The number of nitrogens with zero attached hydrogens (tertiary/aromatic N) is 3. The van der Waals surface area contributed by atoms with Crippen LogP contribution in [0.2, 0.25) is 0 Å². The van der Waals surface area contributed by atoms with Crippen LogP contribution in [0.25, 0.3) is 0 Å². The molecule has 2 rings (SSSR count). The standard InChI is InChI=1S/C12H12N4OS/c1-3-16-8(2)6-10(15-16)11(17)14-12-9(7-13)4-5-18-12/h4-6H,3H2,1-2H3,(H,14,17). The molecule has 0 radical (unpaired) electrons. The Morgan fingerprint density at radius 3 is 3.06 bits per heavy atom. The molecule has 6 heteroatoms. The molecule has 5 nitrogen and oxygen atoms in total. The maximum atomic E-state index is 12.0. The molecule has 0 aliphatic rings. The molecule has 0 saturated carbocycles. The fraction of sp³-hybridized carbons (Fsp3) is 0.250. The van der Waals surface area contributed by atoms with Crippen molar-refractivity contribution in [2.75, 3.05) is 5.32 Å². The number of rotatable bonds is 3. The van der Waals surface area contributed by atoms with Gasteiger partial charge in [-0.15, -0.1) is 11.3 Å². The van der Waals surface area contributed by atoms with E-state index in [9.17, 15) is 4.79 Å². The van der Waals surface area contributed by atoms with Gasteiger partial charge in [-0.25, -0.2) is 0 Å². The Morgan fingerprint density at radius 1 is 1.67 bits per heavy atom. The van der Waals surface area contributed by atoms with Crippen molar-refractivity contribution in [3.8, 4) is 6.07 Å². The molecule has 18 heavy (non-hydrogen) atoms. The van der Waals surface area contributed by atoms with Crippen molar-refractivity contribution < 1.29 is 4.79 Å². The van der Waals surface area contributed by atoms with Gasteiger partial charge in [-0.3, -0.25) is 9.48 Å². The molecule has 0 unspecified atom stereocenters. The van der Waals surface area contributed by atoms with Crippen LogP contribution in [-0.4, -0.2) is 15.7 Å². The molecule has 2 aromatic heterocycles. The third-order valence-electron chi connectivity index (χ3n) is 2.53. The average Bonchev–Trinajstić information content (AvgIpc) is 2.95. The highest BCUT2D eigenvalue weighted by atomic mass is 32.1. The van der Waals surface area contributed by atoms with E-state index < -0.39 is 0 Å². The fourth-order valence-corrected chi connectivity index (χ4v) is 2.33. The van der Waals surface area contributed by atoms with Gasteiger partial charge in [-0.1, -0.05) is 0 Å². The second-order valence-electron chi connectivity index (χ2n) is 3.72. The van der Waals surface area contributed by atoms with Gasteiger partial charge in [-0.05, 0) is 31.4 Å². The van der Waals surface area contributed by atoms with Crippen LogP contribution < -0.4 is 5.32 Å². The Balaban J connectivity index is 2.20. The molecule has 0 bridgehead atoms. The van der Waals surface area contributed by atoms with Crippen LogP contribution in [-0.2, 0) is 6.54 Å². The monoisotopic (exact) mass is 260 g/mol. The lowest BCUT2D eigenvalue weighted by Gasteiger charge is -2.00. The minimum Gasteiger partial charge on any atom is -0.311 e. The van der Waals surface area contributed by atoms with Crippen LogP contribution in [0.3, 0.4) is 0 Å². The van der Waals surface area contributed by atoms with Crippen molar-refractivity contribution in [1.29, 1.82) is 5.26 Å². The number of amides is 1. The van der Waals surface area contributed by atoms with Crippen LogP contribution in [0.4, 0.5) is 5.00 Å². The normalized spacial score (nSPS) is 10.1. The van der Waals surface area contributed by atoms with Gasteiger partial charge in [0.25, 0.3) is 5.91 Å². The van der Waals surface area contributed by atoms with Gasteiger partial charge < -0.3 is 5.32 Å². The summed E-state index contributed by atoms with van der Waals surface area (Å²) in [6.45, 7) is 4.59. The van der Waals surface area contributed by atoms with E-state index in [2.05, 4.69) is 10.4 Å². The summed E-state index contributed by atoms with van der Waals surface area (Å²) in [5, 5.41) is 18.1. The predicted octanol–water partition coefficient (Wildman–Crippen LogP) is 2.40. The van der Waals surface area contributed by atoms with E-state index in [-0.39, 0.29) is 5.91 Å². The molecule has 0 atom stereocenters. The second-order valence-corrected chi connectivity index (χ2v) is 4.63. The van der Waals surface area contributed by atoms with Crippen LogP contribution in [0.15, 0.2) is 17.5 Å². The Hall–Kier alpha value is -2.13. The highest BCUT2D eigenvalue weighted by Crippen LogP contribution is 2.22. The number of carbonyl (C=O) groups excluding carboxylic acids is 1. The third-order valence-corrected chi connectivity index (χ3v) is 3.36.